The van der Waals surface area contributed by atoms with Crippen molar-refractivity contribution in [1.29, 1.82) is 0 Å². The molecule has 0 radical (unpaired) electrons. The molecule has 2 rings (SSSR count). The third-order valence-corrected chi connectivity index (χ3v) is 3.86. The van der Waals surface area contributed by atoms with Crippen molar-refractivity contribution in [3.05, 3.63) is 57.7 Å². The minimum absolute atomic E-state index is 0.151. The Labute approximate surface area is 138 Å². The third-order valence-electron chi connectivity index (χ3n) is 3.14. The number of amides is 1. The SMILES string of the molecule is CCc1ccccc1O[C@H](C)C(=O)Nc1ccc(I)cc1. The molecule has 1 atom stereocenters. The van der Waals surface area contributed by atoms with Crippen LogP contribution < -0.4 is 10.1 Å². The van der Waals surface area contributed by atoms with Crippen molar-refractivity contribution >= 4 is 34.2 Å². The molecule has 2 aromatic carbocycles. The lowest BCUT2D eigenvalue weighted by Crippen LogP contribution is -2.30. The predicted molar refractivity (Wildman–Crippen MR) is 93.7 cm³/mol. The van der Waals surface area contributed by atoms with E-state index in [1.54, 1.807) is 6.92 Å². The Bertz CT molecular complexity index is 610. The van der Waals surface area contributed by atoms with E-state index in [-0.39, 0.29) is 5.91 Å². The molecule has 1 amide bonds. The molecule has 0 aromatic heterocycles. The van der Waals surface area contributed by atoms with Crippen LogP contribution in [0, 0.1) is 3.57 Å². The van der Waals surface area contributed by atoms with Crippen LogP contribution in [0.4, 0.5) is 5.69 Å². The van der Waals surface area contributed by atoms with Gasteiger partial charge in [-0.15, -0.1) is 0 Å². The highest BCUT2D eigenvalue weighted by atomic mass is 127. The first-order valence-corrected chi connectivity index (χ1v) is 7.99. The Balaban J connectivity index is 2.01. The number of aryl methyl sites for hydroxylation is 1. The smallest absolute Gasteiger partial charge is 0.265 e. The number of anilines is 1. The molecular weight excluding hydrogens is 377 g/mol. The fraction of sp³-hybridized carbons (Fsp3) is 0.235. The summed E-state index contributed by atoms with van der Waals surface area (Å²) in [5, 5.41) is 2.86. The van der Waals surface area contributed by atoms with Crippen LogP contribution in [0.1, 0.15) is 19.4 Å². The average molecular weight is 395 g/mol. The number of nitrogens with one attached hydrogen (secondary N) is 1. The van der Waals surface area contributed by atoms with Crippen LogP contribution in [0.2, 0.25) is 0 Å². The number of rotatable bonds is 5. The summed E-state index contributed by atoms with van der Waals surface area (Å²) in [5.41, 5.74) is 1.88. The molecule has 1 N–H and O–H groups in total. The van der Waals surface area contributed by atoms with Gasteiger partial charge in [0.05, 0.1) is 0 Å². The van der Waals surface area contributed by atoms with Crippen LogP contribution >= 0.6 is 22.6 Å². The maximum atomic E-state index is 12.2. The minimum atomic E-state index is -0.544. The number of carbonyl (C=O) groups excluding carboxylic acids is 1. The normalized spacial score (nSPS) is 11.8. The summed E-state index contributed by atoms with van der Waals surface area (Å²) in [6, 6.07) is 15.5. The molecule has 0 fully saturated rings. The summed E-state index contributed by atoms with van der Waals surface area (Å²) < 4.78 is 6.91. The fourth-order valence-electron chi connectivity index (χ4n) is 1.93. The lowest BCUT2D eigenvalue weighted by molar-refractivity contribution is -0.122. The molecule has 0 unspecified atom stereocenters. The Kier molecular flexibility index (Phi) is 5.61. The van der Waals surface area contributed by atoms with E-state index >= 15 is 0 Å². The molecule has 110 valence electrons. The molecule has 0 aliphatic heterocycles. The van der Waals surface area contributed by atoms with E-state index < -0.39 is 6.10 Å². The second kappa shape index (κ2) is 7.45. The van der Waals surface area contributed by atoms with Crippen LogP contribution in [-0.4, -0.2) is 12.0 Å². The van der Waals surface area contributed by atoms with E-state index in [1.807, 2.05) is 48.5 Å². The molecule has 0 spiro atoms. The zero-order valence-electron chi connectivity index (χ0n) is 12.1. The van der Waals surface area contributed by atoms with Gasteiger partial charge in [0.2, 0.25) is 0 Å². The molecule has 0 aliphatic carbocycles. The van der Waals surface area contributed by atoms with Crippen molar-refractivity contribution in [3.63, 3.8) is 0 Å². The number of hydrogen-bond donors (Lipinski definition) is 1. The summed E-state index contributed by atoms with van der Waals surface area (Å²) in [5.74, 6) is 0.618. The summed E-state index contributed by atoms with van der Waals surface area (Å²) in [6.45, 7) is 3.83. The third kappa shape index (κ3) is 4.46. The van der Waals surface area contributed by atoms with Crippen LogP contribution in [-0.2, 0) is 11.2 Å². The maximum Gasteiger partial charge on any atom is 0.265 e. The minimum Gasteiger partial charge on any atom is -0.481 e. The van der Waals surface area contributed by atoms with Gasteiger partial charge in [-0.25, -0.2) is 0 Å². The van der Waals surface area contributed by atoms with E-state index in [4.69, 9.17) is 4.74 Å². The molecule has 0 saturated heterocycles. The summed E-state index contributed by atoms with van der Waals surface area (Å²) >= 11 is 2.23. The molecule has 0 bridgehead atoms. The molecule has 0 saturated carbocycles. The summed E-state index contributed by atoms with van der Waals surface area (Å²) in [6.07, 6.45) is 0.332. The Hall–Kier alpha value is -1.56. The zero-order chi connectivity index (χ0) is 15.2. The second-order valence-corrected chi connectivity index (χ2v) is 5.96. The monoisotopic (exact) mass is 395 g/mol. The predicted octanol–water partition coefficient (Wildman–Crippen LogP) is 4.26. The highest BCUT2D eigenvalue weighted by Crippen LogP contribution is 2.20. The topological polar surface area (TPSA) is 38.3 Å². The average Bonchev–Trinajstić information content (AvgIpc) is 2.50. The van der Waals surface area contributed by atoms with Gasteiger partial charge in [-0.2, -0.15) is 0 Å². The van der Waals surface area contributed by atoms with Gasteiger partial charge in [-0.1, -0.05) is 25.1 Å². The van der Waals surface area contributed by atoms with E-state index in [0.29, 0.717) is 0 Å². The van der Waals surface area contributed by atoms with Crippen LogP contribution in [0.5, 0.6) is 5.75 Å². The number of benzene rings is 2. The van der Waals surface area contributed by atoms with Gasteiger partial charge in [0.1, 0.15) is 5.75 Å². The van der Waals surface area contributed by atoms with Gasteiger partial charge >= 0.3 is 0 Å². The van der Waals surface area contributed by atoms with E-state index in [1.165, 1.54) is 0 Å². The molecular formula is C17H18INO2. The van der Waals surface area contributed by atoms with Crippen molar-refractivity contribution in [2.45, 2.75) is 26.4 Å². The van der Waals surface area contributed by atoms with Crippen molar-refractivity contribution in [1.82, 2.24) is 0 Å². The Morgan fingerprint density at radius 3 is 2.52 bits per heavy atom. The molecule has 3 nitrogen and oxygen atoms in total. The Morgan fingerprint density at radius 2 is 1.86 bits per heavy atom. The van der Waals surface area contributed by atoms with Gasteiger partial charge < -0.3 is 10.1 Å². The number of carbonyl (C=O) groups is 1. The van der Waals surface area contributed by atoms with Gasteiger partial charge in [-0.3, -0.25) is 4.79 Å². The van der Waals surface area contributed by atoms with E-state index in [9.17, 15) is 4.79 Å². The largest absolute Gasteiger partial charge is 0.481 e. The summed E-state index contributed by atoms with van der Waals surface area (Å²) in [7, 11) is 0. The molecule has 2 aromatic rings. The lowest BCUT2D eigenvalue weighted by atomic mass is 10.1. The van der Waals surface area contributed by atoms with Crippen molar-refractivity contribution in [2.24, 2.45) is 0 Å². The maximum absolute atomic E-state index is 12.2. The van der Waals surface area contributed by atoms with Gasteiger partial charge in [0, 0.05) is 9.26 Å². The number of ether oxygens (including phenoxy) is 1. The molecule has 0 aliphatic rings. The lowest BCUT2D eigenvalue weighted by Gasteiger charge is -2.17. The van der Waals surface area contributed by atoms with Crippen molar-refractivity contribution < 1.29 is 9.53 Å². The molecule has 0 heterocycles. The second-order valence-electron chi connectivity index (χ2n) is 4.72. The summed E-state index contributed by atoms with van der Waals surface area (Å²) in [4.78, 5) is 12.2. The Morgan fingerprint density at radius 1 is 1.19 bits per heavy atom. The van der Waals surface area contributed by atoms with Crippen LogP contribution in [0.3, 0.4) is 0 Å². The van der Waals surface area contributed by atoms with E-state index in [0.717, 1.165) is 27.0 Å². The molecule has 4 heteroatoms. The first kappa shape index (κ1) is 15.8. The van der Waals surface area contributed by atoms with Gasteiger partial charge in [0.15, 0.2) is 6.10 Å². The number of halogens is 1. The van der Waals surface area contributed by atoms with Crippen molar-refractivity contribution in [2.75, 3.05) is 5.32 Å². The highest BCUT2D eigenvalue weighted by Gasteiger charge is 2.16. The van der Waals surface area contributed by atoms with Gasteiger partial charge in [0.25, 0.3) is 5.91 Å². The van der Waals surface area contributed by atoms with Crippen LogP contribution in [0.15, 0.2) is 48.5 Å². The molecule has 21 heavy (non-hydrogen) atoms. The van der Waals surface area contributed by atoms with E-state index in [2.05, 4.69) is 34.8 Å². The standard InChI is InChI=1S/C17H18INO2/c1-3-13-6-4-5-7-16(13)21-12(2)17(20)19-15-10-8-14(18)9-11-15/h4-12H,3H2,1-2H3,(H,19,20)/t12-/m1/s1. The quantitative estimate of drug-likeness (QED) is 0.769. The van der Waals surface area contributed by atoms with Crippen molar-refractivity contribution in [3.8, 4) is 5.75 Å². The number of para-hydroxylation sites is 1. The zero-order valence-corrected chi connectivity index (χ0v) is 14.3. The highest BCUT2D eigenvalue weighted by molar-refractivity contribution is 14.1. The fourth-order valence-corrected chi connectivity index (χ4v) is 2.29. The van der Waals surface area contributed by atoms with Gasteiger partial charge in [-0.05, 0) is 71.8 Å². The van der Waals surface area contributed by atoms with Crippen LogP contribution in [0.25, 0.3) is 0 Å². The first-order chi connectivity index (χ1) is 10.1. The first-order valence-electron chi connectivity index (χ1n) is 6.91. The number of hydrogen-bond acceptors (Lipinski definition) is 2.